The highest BCUT2D eigenvalue weighted by molar-refractivity contribution is 6.30. The fourth-order valence-corrected chi connectivity index (χ4v) is 1.16. The van der Waals surface area contributed by atoms with Gasteiger partial charge in [0.2, 0.25) is 0 Å². The second-order valence-corrected chi connectivity index (χ2v) is 3.11. The Morgan fingerprint density at radius 1 is 1.43 bits per heavy atom. The first-order valence-electron chi connectivity index (χ1n) is 4.15. The maximum absolute atomic E-state index is 10.1. The van der Waals surface area contributed by atoms with E-state index in [1.807, 2.05) is 12.1 Å². The summed E-state index contributed by atoms with van der Waals surface area (Å²) >= 11 is 5.76. The maximum Gasteiger partial charge on any atom is 0.404 e. The lowest BCUT2D eigenvalue weighted by Gasteiger charge is -2.05. The molecule has 0 saturated heterocycles. The predicted molar refractivity (Wildman–Crippen MR) is 56.0 cm³/mol. The highest BCUT2D eigenvalue weighted by atomic mass is 35.5. The number of hydrogen-bond acceptors (Lipinski definition) is 2. The molecule has 3 N–H and O–H groups in total. The molecule has 14 heavy (non-hydrogen) atoms. The fourth-order valence-electron chi connectivity index (χ4n) is 0.975. The third-order valence-corrected chi connectivity index (χ3v) is 1.79. The van der Waals surface area contributed by atoms with Gasteiger partial charge in [0.15, 0.2) is 0 Å². The van der Waals surface area contributed by atoms with Crippen molar-refractivity contribution in [1.82, 2.24) is 5.32 Å². The Bertz CT molecular complexity index is 317. The van der Waals surface area contributed by atoms with Crippen LogP contribution in [0.1, 0.15) is 0 Å². The monoisotopic (exact) mass is 214 g/mol. The third kappa shape index (κ3) is 4.00. The predicted octanol–water partition coefficient (Wildman–Crippen LogP) is 2.02. The van der Waals surface area contributed by atoms with Crippen LogP contribution in [-0.2, 0) is 0 Å². The van der Waals surface area contributed by atoms with E-state index < -0.39 is 6.09 Å². The van der Waals surface area contributed by atoms with Gasteiger partial charge in [-0.15, -0.1) is 0 Å². The Morgan fingerprint density at radius 2 is 2.21 bits per heavy atom. The minimum atomic E-state index is -1.02. The van der Waals surface area contributed by atoms with Gasteiger partial charge in [0, 0.05) is 23.8 Å². The van der Waals surface area contributed by atoms with Crippen molar-refractivity contribution in [3.05, 3.63) is 29.3 Å². The van der Waals surface area contributed by atoms with Crippen LogP contribution >= 0.6 is 11.6 Å². The van der Waals surface area contributed by atoms with Crippen molar-refractivity contribution in [3.8, 4) is 0 Å². The smallest absolute Gasteiger partial charge is 0.404 e. The van der Waals surface area contributed by atoms with Gasteiger partial charge >= 0.3 is 6.09 Å². The van der Waals surface area contributed by atoms with Crippen LogP contribution in [0, 0.1) is 0 Å². The number of benzene rings is 1. The molecular weight excluding hydrogens is 204 g/mol. The Kier molecular flexibility index (Phi) is 4.07. The Hall–Kier alpha value is -1.42. The number of carboxylic acid groups (broad SMARTS) is 1. The minimum absolute atomic E-state index is 0.363. The van der Waals surface area contributed by atoms with Crippen LogP contribution in [0.2, 0.25) is 5.02 Å². The Balaban J connectivity index is 2.28. The molecule has 0 aromatic heterocycles. The van der Waals surface area contributed by atoms with E-state index in [1.165, 1.54) is 0 Å². The zero-order valence-electron chi connectivity index (χ0n) is 7.46. The van der Waals surface area contributed by atoms with Gasteiger partial charge in [-0.3, -0.25) is 0 Å². The number of amides is 1. The van der Waals surface area contributed by atoms with E-state index in [1.54, 1.807) is 12.1 Å². The molecule has 0 spiro atoms. The second-order valence-electron chi connectivity index (χ2n) is 2.67. The molecule has 0 fully saturated rings. The summed E-state index contributed by atoms with van der Waals surface area (Å²) in [6, 6.07) is 7.26. The molecule has 1 rings (SSSR count). The van der Waals surface area contributed by atoms with Gasteiger partial charge in [-0.05, 0) is 18.2 Å². The molecule has 1 amide bonds. The average molecular weight is 215 g/mol. The van der Waals surface area contributed by atoms with E-state index in [0.29, 0.717) is 18.1 Å². The Morgan fingerprint density at radius 3 is 2.86 bits per heavy atom. The molecule has 0 aliphatic heterocycles. The molecule has 4 nitrogen and oxygen atoms in total. The molecular formula is C9H11ClN2O2. The second kappa shape index (κ2) is 5.34. The van der Waals surface area contributed by atoms with Crippen LogP contribution in [0.5, 0.6) is 0 Å². The molecule has 0 unspecified atom stereocenters. The van der Waals surface area contributed by atoms with Crippen LogP contribution in [0.3, 0.4) is 0 Å². The summed E-state index contributed by atoms with van der Waals surface area (Å²) in [5.74, 6) is 0. The van der Waals surface area contributed by atoms with Crippen molar-refractivity contribution in [1.29, 1.82) is 0 Å². The number of carbonyl (C=O) groups is 1. The molecule has 0 aliphatic carbocycles. The van der Waals surface area contributed by atoms with Crippen molar-refractivity contribution in [2.45, 2.75) is 0 Å². The van der Waals surface area contributed by atoms with Crippen molar-refractivity contribution in [2.75, 3.05) is 18.4 Å². The third-order valence-electron chi connectivity index (χ3n) is 1.55. The molecule has 0 atom stereocenters. The lowest BCUT2D eigenvalue weighted by molar-refractivity contribution is 0.195. The van der Waals surface area contributed by atoms with Crippen molar-refractivity contribution >= 4 is 23.4 Å². The molecule has 0 aliphatic rings. The first-order chi connectivity index (χ1) is 6.68. The summed E-state index contributed by atoms with van der Waals surface area (Å²) in [7, 11) is 0. The first-order valence-corrected chi connectivity index (χ1v) is 4.52. The zero-order chi connectivity index (χ0) is 10.4. The number of anilines is 1. The van der Waals surface area contributed by atoms with Gasteiger partial charge in [-0.1, -0.05) is 17.7 Å². The summed E-state index contributed by atoms with van der Waals surface area (Å²) in [6.07, 6.45) is -1.02. The van der Waals surface area contributed by atoms with Gasteiger partial charge in [0.1, 0.15) is 0 Å². The topological polar surface area (TPSA) is 61.4 Å². The van der Waals surface area contributed by atoms with E-state index in [4.69, 9.17) is 16.7 Å². The number of nitrogens with one attached hydrogen (secondary N) is 2. The zero-order valence-corrected chi connectivity index (χ0v) is 8.21. The highest BCUT2D eigenvalue weighted by Crippen LogP contribution is 2.14. The lowest BCUT2D eigenvalue weighted by atomic mass is 10.3. The van der Waals surface area contributed by atoms with Crippen LogP contribution in [0.4, 0.5) is 10.5 Å². The summed E-state index contributed by atoms with van der Waals surface area (Å²) in [6.45, 7) is 0.897. The van der Waals surface area contributed by atoms with Crippen LogP contribution in [0.15, 0.2) is 24.3 Å². The molecule has 1 aromatic carbocycles. The van der Waals surface area contributed by atoms with Gasteiger partial charge < -0.3 is 15.7 Å². The first kappa shape index (κ1) is 10.7. The SMILES string of the molecule is O=C(O)NCCNc1cccc(Cl)c1. The standard InChI is InChI=1S/C9H11ClN2O2/c10-7-2-1-3-8(6-7)11-4-5-12-9(13)14/h1-3,6,11-12H,4-5H2,(H,13,14). The Labute approximate surface area is 86.9 Å². The van der Waals surface area contributed by atoms with Gasteiger partial charge in [-0.2, -0.15) is 0 Å². The molecule has 0 bridgehead atoms. The lowest BCUT2D eigenvalue weighted by Crippen LogP contribution is -2.26. The molecule has 5 heteroatoms. The summed E-state index contributed by atoms with van der Waals surface area (Å²) in [4.78, 5) is 10.1. The minimum Gasteiger partial charge on any atom is -0.465 e. The summed E-state index contributed by atoms with van der Waals surface area (Å²) in [5.41, 5.74) is 0.879. The average Bonchev–Trinajstić information content (AvgIpc) is 2.12. The molecule has 0 heterocycles. The van der Waals surface area contributed by atoms with Crippen molar-refractivity contribution < 1.29 is 9.90 Å². The highest BCUT2D eigenvalue weighted by Gasteiger charge is 1.94. The fraction of sp³-hybridized carbons (Fsp3) is 0.222. The van der Waals surface area contributed by atoms with Crippen molar-refractivity contribution in [2.24, 2.45) is 0 Å². The largest absolute Gasteiger partial charge is 0.465 e. The number of hydrogen-bond donors (Lipinski definition) is 3. The normalized spacial score (nSPS) is 9.50. The summed E-state index contributed by atoms with van der Waals surface area (Å²) in [5, 5.41) is 14.2. The maximum atomic E-state index is 10.1. The quantitative estimate of drug-likeness (QED) is 0.672. The molecule has 1 aromatic rings. The molecule has 0 radical (unpaired) electrons. The van der Waals surface area contributed by atoms with Gasteiger partial charge in [0.25, 0.3) is 0 Å². The number of halogens is 1. The number of rotatable bonds is 4. The van der Waals surface area contributed by atoms with E-state index in [9.17, 15) is 4.79 Å². The molecule has 76 valence electrons. The summed E-state index contributed by atoms with van der Waals surface area (Å²) < 4.78 is 0. The van der Waals surface area contributed by atoms with E-state index >= 15 is 0 Å². The van der Waals surface area contributed by atoms with Crippen molar-refractivity contribution in [3.63, 3.8) is 0 Å². The van der Waals surface area contributed by atoms with Crippen LogP contribution in [0.25, 0.3) is 0 Å². The van der Waals surface area contributed by atoms with E-state index in [0.717, 1.165) is 5.69 Å². The van der Waals surface area contributed by atoms with E-state index in [2.05, 4.69) is 10.6 Å². The van der Waals surface area contributed by atoms with Gasteiger partial charge in [-0.25, -0.2) is 4.79 Å². The van der Waals surface area contributed by atoms with Crippen LogP contribution < -0.4 is 10.6 Å². The van der Waals surface area contributed by atoms with Gasteiger partial charge in [0.05, 0.1) is 0 Å². The van der Waals surface area contributed by atoms with Crippen LogP contribution in [-0.4, -0.2) is 24.3 Å². The molecule has 0 saturated carbocycles. The van der Waals surface area contributed by atoms with E-state index in [-0.39, 0.29) is 0 Å².